The second kappa shape index (κ2) is 9.57. The van der Waals surface area contributed by atoms with Crippen molar-refractivity contribution in [2.75, 3.05) is 25.3 Å². The fourth-order valence-corrected chi connectivity index (χ4v) is 4.09. The quantitative estimate of drug-likeness (QED) is 0.567. The average molecular weight is 419 g/mol. The smallest absolute Gasteiger partial charge is 0.234 e. The van der Waals surface area contributed by atoms with Gasteiger partial charge >= 0.3 is 0 Å². The number of rotatable bonds is 8. The van der Waals surface area contributed by atoms with E-state index in [1.54, 1.807) is 44.6 Å². The highest BCUT2D eigenvalue weighted by Crippen LogP contribution is 2.29. The molecule has 0 spiro atoms. The molecule has 3 aromatic rings. The minimum atomic E-state index is -0.269. The number of nitrogens with one attached hydrogen (secondary N) is 1. The highest BCUT2D eigenvalue weighted by Gasteiger charge is 2.10. The summed E-state index contributed by atoms with van der Waals surface area (Å²) in [6.45, 7) is 0. The highest BCUT2D eigenvalue weighted by molar-refractivity contribution is 7.99. The first-order valence-corrected chi connectivity index (χ1v) is 10.4. The van der Waals surface area contributed by atoms with Crippen LogP contribution < -0.4 is 14.8 Å². The molecule has 1 amide bonds. The van der Waals surface area contributed by atoms with E-state index in [-0.39, 0.29) is 17.5 Å². The molecule has 0 unspecified atom stereocenters. The van der Waals surface area contributed by atoms with E-state index in [0.717, 1.165) is 16.3 Å². The van der Waals surface area contributed by atoms with Gasteiger partial charge in [0.15, 0.2) is 0 Å². The lowest BCUT2D eigenvalue weighted by atomic mass is 10.2. The molecular formula is C20H19FN2O3S2. The zero-order chi connectivity index (χ0) is 19.9. The number of hydrogen-bond acceptors (Lipinski definition) is 6. The number of thiazole rings is 1. The first kappa shape index (κ1) is 20.2. The normalized spacial score (nSPS) is 10.5. The van der Waals surface area contributed by atoms with Crippen molar-refractivity contribution in [3.8, 4) is 22.1 Å². The lowest BCUT2D eigenvalue weighted by Gasteiger charge is -2.11. The second-order valence-electron chi connectivity index (χ2n) is 5.76. The number of nitrogens with zero attached hydrogens (tertiary/aromatic N) is 1. The number of halogens is 1. The Bertz CT molecular complexity index is 945. The molecular weight excluding hydrogens is 399 g/mol. The molecule has 0 aliphatic heterocycles. The molecule has 8 heteroatoms. The van der Waals surface area contributed by atoms with Crippen LogP contribution in [0.4, 0.5) is 10.1 Å². The van der Waals surface area contributed by atoms with Crippen LogP contribution in [0.15, 0.2) is 47.8 Å². The average Bonchev–Trinajstić information content (AvgIpc) is 3.17. The van der Waals surface area contributed by atoms with Crippen LogP contribution in [0.2, 0.25) is 0 Å². The van der Waals surface area contributed by atoms with Crippen molar-refractivity contribution >= 4 is 34.7 Å². The molecule has 1 aromatic heterocycles. The summed E-state index contributed by atoms with van der Waals surface area (Å²) in [5.41, 5.74) is 2.34. The molecule has 5 nitrogen and oxygen atoms in total. The summed E-state index contributed by atoms with van der Waals surface area (Å²) in [7, 11) is 3.12. The molecule has 1 heterocycles. The van der Waals surface area contributed by atoms with E-state index < -0.39 is 0 Å². The number of hydrogen-bond donors (Lipinski definition) is 1. The molecule has 0 fully saturated rings. The molecule has 2 aromatic carbocycles. The van der Waals surface area contributed by atoms with Gasteiger partial charge in [0.1, 0.15) is 22.3 Å². The Morgan fingerprint density at radius 3 is 2.68 bits per heavy atom. The Hall–Kier alpha value is -2.58. The van der Waals surface area contributed by atoms with Crippen LogP contribution in [0.25, 0.3) is 10.6 Å². The maximum absolute atomic E-state index is 13.0. The van der Waals surface area contributed by atoms with Gasteiger partial charge in [0.25, 0.3) is 0 Å². The van der Waals surface area contributed by atoms with Crippen LogP contribution in [0.3, 0.4) is 0 Å². The van der Waals surface area contributed by atoms with Crippen LogP contribution in [0, 0.1) is 5.82 Å². The highest BCUT2D eigenvalue weighted by atomic mass is 32.2. The number of methoxy groups -OCH3 is 2. The molecule has 0 saturated heterocycles. The minimum absolute atomic E-state index is 0.134. The van der Waals surface area contributed by atoms with E-state index in [2.05, 4.69) is 10.3 Å². The van der Waals surface area contributed by atoms with E-state index in [1.165, 1.54) is 35.2 Å². The number of ether oxygens (including phenoxy) is 2. The zero-order valence-corrected chi connectivity index (χ0v) is 17.0. The van der Waals surface area contributed by atoms with Crippen molar-refractivity contribution in [1.29, 1.82) is 0 Å². The summed E-state index contributed by atoms with van der Waals surface area (Å²) in [5.74, 6) is 1.70. The third kappa shape index (κ3) is 5.24. The number of carbonyl (C=O) groups is 1. The summed E-state index contributed by atoms with van der Waals surface area (Å²) in [4.78, 5) is 16.8. The van der Waals surface area contributed by atoms with Gasteiger partial charge in [-0.15, -0.1) is 23.1 Å². The zero-order valence-electron chi connectivity index (χ0n) is 15.4. The van der Waals surface area contributed by atoms with E-state index in [9.17, 15) is 9.18 Å². The van der Waals surface area contributed by atoms with Gasteiger partial charge in [0.05, 0.1) is 31.4 Å². The molecule has 28 heavy (non-hydrogen) atoms. The van der Waals surface area contributed by atoms with Crippen LogP contribution in [0.1, 0.15) is 5.69 Å². The number of anilines is 1. The SMILES string of the molecule is COc1ccc(OC)c(NC(=O)CSCc2csc(-c3ccc(F)cc3)n2)c1. The Balaban J connectivity index is 1.53. The molecule has 0 atom stereocenters. The van der Waals surface area contributed by atoms with E-state index in [1.807, 2.05) is 5.38 Å². The van der Waals surface area contributed by atoms with Gasteiger partial charge in [-0.2, -0.15) is 0 Å². The number of aromatic nitrogens is 1. The minimum Gasteiger partial charge on any atom is -0.497 e. The van der Waals surface area contributed by atoms with Gasteiger partial charge in [0.2, 0.25) is 5.91 Å². The van der Waals surface area contributed by atoms with Gasteiger partial charge in [-0.3, -0.25) is 4.79 Å². The molecule has 0 aliphatic rings. The standard InChI is InChI=1S/C20H19FN2O3S2/c1-25-16-7-8-18(26-2)17(9-16)23-19(24)12-27-10-15-11-28-20(22-15)13-3-5-14(21)6-4-13/h3-9,11H,10,12H2,1-2H3,(H,23,24). The Morgan fingerprint density at radius 1 is 1.18 bits per heavy atom. The van der Waals surface area contributed by atoms with Gasteiger partial charge in [-0.1, -0.05) is 0 Å². The van der Waals surface area contributed by atoms with Crippen LogP contribution in [-0.4, -0.2) is 30.9 Å². The lowest BCUT2D eigenvalue weighted by Crippen LogP contribution is -2.15. The molecule has 0 bridgehead atoms. The van der Waals surface area contributed by atoms with E-state index in [4.69, 9.17) is 9.47 Å². The summed E-state index contributed by atoms with van der Waals surface area (Å²) < 4.78 is 23.5. The largest absolute Gasteiger partial charge is 0.497 e. The van der Waals surface area contributed by atoms with Crippen molar-refractivity contribution in [2.24, 2.45) is 0 Å². The maximum Gasteiger partial charge on any atom is 0.234 e. The summed E-state index contributed by atoms with van der Waals surface area (Å²) >= 11 is 2.97. The van der Waals surface area contributed by atoms with Gasteiger partial charge in [-0.25, -0.2) is 9.37 Å². The Labute approximate surface area is 170 Å². The van der Waals surface area contributed by atoms with Crippen molar-refractivity contribution in [3.63, 3.8) is 0 Å². The molecule has 146 valence electrons. The van der Waals surface area contributed by atoms with Gasteiger partial charge in [0, 0.05) is 22.8 Å². The number of thioether (sulfide) groups is 1. The topological polar surface area (TPSA) is 60.5 Å². The fourth-order valence-electron chi connectivity index (χ4n) is 2.44. The van der Waals surface area contributed by atoms with Crippen molar-refractivity contribution < 1.29 is 18.7 Å². The molecule has 0 saturated carbocycles. The van der Waals surface area contributed by atoms with Crippen LogP contribution in [0.5, 0.6) is 11.5 Å². The molecule has 3 rings (SSSR count). The Morgan fingerprint density at radius 2 is 1.96 bits per heavy atom. The van der Waals surface area contributed by atoms with Crippen molar-refractivity contribution in [3.05, 3.63) is 59.4 Å². The molecule has 0 aliphatic carbocycles. The van der Waals surface area contributed by atoms with Crippen LogP contribution >= 0.6 is 23.1 Å². The Kier molecular flexibility index (Phi) is 6.89. The summed E-state index contributed by atoms with van der Waals surface area (Å²) in [5, 5.41) is 5.63. The fraction of sp³-hybridized carbons (Fsp3) is 0.200. The van der Waals surface area contributed by atoms with E-state index in [0.29, 0.717) is 22.9 Å². The number of carbonyl (C=O) groups excluding carboxylic acids is 1. The predicted molar refractivity (Wildman–Crippen MR) is 112 cm³/mol. The van der Waals surface area contributed by atoms with Gasteiger partial charge in [-0.05, 0) is 36.4 Å². The van der Waals surface area contributed by atoms with Crippen molar-refractivity contribution in [1.82, 2.24) is 4.98 Å². The lowest BCUT2D eigenvalue weighted by molar-refractivity contribution is -0.113. The number of benzene rings is 2. The summed E-state index contributed by atoms with van der Waals surface area (Å²) in [6, 6.07) is 11.5. The number of amides is 1. The predicted octanol–water partition coefficient (Wildman–Crippen LogP) is 4.84. The maximum atomic E-state index is 13.0. The third-order valence-corrected chi connectivity index (χ3v) is 5.71. The van der Waals surface area contributed by atoms with Crippen LogP contribution in [-0.2, 0) is 10.5 Å². The third-order valence-electron chi connectivity index (χ3n) is 3.81. The second-order valence-corrected chi connectivity index (χ2v) is 7.60. The van der Waals surface area contributed by atoms with E-state index >= 15 is 0 Å². The molecule has 1 N–H and O–H groups in total. The molecule has 0 radical (unpaired) electrons. The first-order valence-electron chi connectivity index (χ1n) is 8.39. The first-order chi connectivity index (χ1) is 13.6. The van der Waals surface area contributed by atoms with Crippen molar-refractivity contribution in [2.45, 2.75) is 5.75 Å². The summed E-state index contributed by atoms with van der Waals surface area (Å²) in [6.07, 6.45) is 0. The van der Waals surface area contributed by atoms with Gasteiger partial charge < -0.3 is 14.8 Å². The monoisotopic (exact) mass is 418 g/mol.